The molecule has 1 fully saturated rings. The van der Waals surface area contributed by atoms with Crippen LogP contribution in [0.5, 0.6) is 0 Å². The van der Waals surface area contributed by atoms with Crippen LogP contribution in [0.4, 0.5) is 0 Å². The molecular weight excluding hydrogens is 178 g/mol. The van der Waals surface area contributed by atoms with Gasteiger partial charge < -0.3 is 15.2 Å². The van der Waals surface area contributed by atoms with E-state index in [4.69, 9.17) is 15.2 Å². The summed E-state index contributed by atoms with van der Waals surface area (Å²) in [6.07, 6.45) is 4.84. The first-order chi connectivity index (χ1) is 6.64. The van der Waals surface area contributed by atoms with Gasteiger partial charge in [0.15, 0.2) is 0 Å². The van der Waals surface area contributed by atoms with Crippen molar-refractivity contribution in [1.29, 1.82) is 0 Å². The molecule has 14 heavy (non-hydrogen) atoms. The Hall–Kier alpha value is -0.120. The van der Waals surface area contributed by atoms with Crippen molar-refractivity contribution in [2.75, 3.05) is 19.8 Å². The molecule has 3 heteroatoms. The van der Waals surface area contributed by atoms with Crippen molar-refractivity contribution in [3.63, 3.8) is 0 Å². The summed E-state index contributed by atoms with van der Waals surface area (Å²) in [5.74, 6) is 0. The summed E-state index contributed by atoms with van der Waals surface area (Å²) in [4.78, 5) is 0. The van der Waals surface area contributed by atoms with E-state index in [9.17, 15) is 0 Å². The largest absolute Gasteiger partial charge is 0.377 e. The predicted octanol–water partition coefficient (Wildman–Crippen LogP) is 1.70. The molecule has 2 N–H and O–H groups in total. The Bertz CT molecular complexity index is 153. The van der Waals surface area contributed by atoms with Gasteiger partial charge >= 0.3 is 0 Å². The lowest BCUT2D eigenvalue weighted by atomic mass is 10.0. The average molecular weight is 201 g/mol. The molecule has 3 nitrogen and oxygen atoms in total. The minimum Gasteiger partial charge on any atom is -0.377 e. The van der Waals surface area contributed by atoms with Crippen molar-refractivity contribution in [2.24, 2.45) is 5.73 Å². The second-order valence-corrected chi connectivity index (χ2v) is 4.51. The second kappa shape index (κ2) is 5.69. The molecule has 1 saturated heterocycles. The lowest BCUT2D eigenvalue weighted by molar-refractivity contribution is -0.0483. The third-order valence-electron chi connectivity index (χ3n) is 2.82. The summed E-state index contributed by atoms with van der Waals surface area (Å²) in [6.45, 7) is 6.33. The molecule has 2 unspecified atom stereocenters. The first-order valence-electron chi connectivity index (χ1n) is 5.62. The van der Waals surface area contributed by atoms with E-state index < -0.39 is 0 Å². The quantitative estimate of drug-likeness (QED) is 0.736. The highest BCUT2D eigenvalue weighted by Gasteiger charge is 2.18. The minimum absolute atomic E-state index is 0.186. The van der Waals surface area contributed by atoms with Gasteiger partial charge in [-0.05, 0) is 32.6 Å². The van der Waals surface area contributed by atoms with Crippen LogP contribution in [0, 0.1) is 0 Å². The van der Waals surface area contributed by atoms with Crippen LogP contribution < -0.4 is 5.73 Å². The molecule has 0 aromatic carbocycles. The van der Waals surface area contributed by atoms with Gasteiger partial charge in [0.05, 0.1) is 19.3 Å². The zero-order valence-electron chi connectivity index (χ0n) is 9.42. The van der Waals surface area contributed by atoms with E-state index in [0.29, 0.717) is 19.3 Å². The van der Waals surface area contributed by atoms with Crippen LogP contribution in [-0.2, 0) is 9.47 Å². The number of ether oxygens (including phenoxy) is 2. The smallest absolute Gasteiger partial charge is 0.0808 e. The number of nitrogens with two attached hydrogens (primary N) is 1. The van der Waals surface area contributed by atoms with Gasteiger partial charge in [-0.25, -0.2) is 0 Å². The van der Waals surface area contributed by atoms with Crippen molar-refractivity contribution < 1.29 is 9.47 Å². The van der Waals surface area contributed by atoms with Crippen LogP contribution in [0.3, 0.4) is 0 Å². The van der Waals surface area contributed by atoms with Crippen LogP contribution in [-0.4, -0.2) is 31.5 Å². The highest BCUT2D eigenvalue weighted by molar-refractivity contribution is 4.76. The van der Waals surface area contributed by atoms with Crippen LogP contribution >= 0.6 is 0 Å². The van der Waals surface area contributed by atoms with E-state index in [0.717, 1.165) is 19.4 Å². The molecule has 0 spiro atoms. The van der Waals surface area contributed by atoms with Crippen molar-refractivity contribution in [3.05, 3.63) is 0 Å². The molecule has 2 atom stereocenters. The van der Waals surface area contributed by atoms with E-state index in [1.165, 1.54) is 12.8 Å². The first-order valence-corrected chi connectivity index (χ1v) is 5.62. The molecule has 0 aromatic rings. The fourth-order valence-corrected chi connectivity index (χ4v) is 1.46. The fourth-order valence-electron chi connectivity index (χ4n) is 1.46. The van der Waals surface area contributed by atoms with Crippen LogP contribution in [0.2, 0.25) is 0 Å². The van der Waals surface area contributed by atoms with Gasteiger partial charge in [-0.3, -0.25) is 0 Å². The molecule has 0 bridgehead atoms. The Kier molecular flexibility index (Phi) is 4.85. The molecule has 1 heterocycles. The zero-order valence-corrected chi connectivity index (χ0v) is 9.42. The highest BCUT2D eigenvalue weighted by Crippen LogP contribution is 2.13. The van der Waals surface area contributed by atoms with Gasteiger partial charge in [0.25, 0.3) is 0 Å². The van der Waals surface area contributed by atoms with E-state index in [1.54, 1.807) is 0 Å². The van der Waals surface area contributed by atoms with E-state index in [2.05, 4.69) is 6.92 Å². The molecule has 0 radical (unpaired) electrons. The summed E-state index contributed by atoms with van der Waals surface area (Å²) >= 11 is 0. The van der Waals surface area contributed by atoms with Gasteiger partial charge in [0.1, 0.15) is 0 Å². The molecule has 1 aliphatic rings. The molecular formula is C11H23NO2. The Labute approximate surface area is 86.9 Å². The minimum atomic E-state index is -0.186. The molecule has 84 valence electrons. The number of rotatable bonds is 5. The van der Waals surface area contributed by atoms with Crippen LogP contribution in [0.1, 0.15) is 39.5 Å². The first kappa shape index (κ1) is 12.0. The van der Waals surface area contributed by atoms with Crippen molar-refractivity contribution in [2.45, 2.75) is 51.2 Å². The van der Waals surface area contributed by atoms with Gasteiger partial charge in [-0.15, -0.1) is 0 Å². The normalized spacial score (nSPS) is 27.2. The summed E-state index contributed by atoms with van der Waals surface area (Å²) < 4.78 is 11.1. The third-order valence-corrected chi connectivity index (χ3v) is 2.82. The van der Waals surface area contributed by atoms with E-state index in [-0.39, 0.29) is 5.54 Å². The molecule has 0 aromatic heterocycles. The molecule has 1 rings (SSSR count). The van der Waals surface area contributed by atoms with Crippen LogP contribution in [0.15, 0.2) is 0 Å². The molecule has 0 saturated carbocycles. The summed E-state index contributed by atoms with van der Waals surface area (Å²) in [7, 11) is 0. The summed E-state index contributed by atoms with van der Waals surface area (Å²) in [6, 6.07) is 0. The zero-order chi connectivity index (χ0) is 10.4. The SMILES string of the molecule is CCC(C)(N)COCC1CCCCO1. The molecule has 0 amide bonds. The third kappa shape index (κ3) is 4.40. The standard InChI is InChI=1S/C11H23NO2/c1-3-11(2,12)9-13-8-10-6-4-5-7-14-10/h10H,3-9,12H2,1-2H3. The summed E-state index contributed by atoms with van der Waals surface area (Å²) in [5.41, 5.74) is 5.78. The average Bonchev–Trinajstić information content (AvgIpc) is 2.19. The Morgan fingerprint density at radius 3 is 2.86 bits per heavy atom. The maximum absolute atomic E-state index is 5.97. The Balaban J connectivity index is 2.08. The van der Waals surface area contributed by atoms with Gasteiger partial charge in [0, 0.05) is 12.1 Å². The molecule has 1 aliphatic heterocycles. The highest BCUT2D eigenvalue weighted by atomic mass is 16.5. The van der Waals surface area contributed by atoms with Crippen molar-refractivity contribution in [3.8, 4) is 0 Å². The maximum atomic E-state index is 5.97. The number of hydrogen-bond acceptors (Lipinski definition) is 3. The Morgan fingerprint density at radius 1 is 1.50 bits per heavy atom. The predicted molar refractivity (Wildman–Crippen MR) is 57.3 cm³/mol. The van der Waals surface area contributed by atoms with E-state index in [1.807, 2.05) is 6.92 Å². The maximum Gasteiger partial charge on any atom is 0.0808 e. The lowest BCUT2D eigenvalue weighted by Crippen LogP contribution is -2.41. The van der Waals surface area contributed by atoms with Crippen LogP contribution in [0.25, 0.3) is 0 Å². The summed E-state index contributed by atoms with van der Waals surface area (Å²) in [5, 5.41) is 0. The van der Waals surface area contributed by atoms with Gasteiger partial charge in [-0.1, -0.05) is 6.92 Å². The Morgan fingerprint density at radius 2 is 2.29 bits per heavy atom. The second-order valence-electron chi connectivity index (χ2n) is 4.51. The number of hydrogen-bond donors (Lipinski definition) is 1. The monoisotopic (exact) mass is 201 g/mol. The van der Waals surface area contributed by atoms with E-state index >= 15 is 0 Å². The topological polar surface area (TPSA) is 44.5 Å². The van der Waals surface area contributed by atoms with Gasteiger partial charge in [0.2, 0.25) is 0 Å². The lowest BCUT2D eigenvalue weighted by Gasteiger charge is -2.26. The van der Waals surface area contributed by atoms with Crippen molar-refractivity contribution in [1.82, 2.24) is 0 Å². The van der Waals surface area contributed by atoms with Crippen molar-refractivity contribution >= 4 is 0 Å². The molecule has 0 aliphatic carbocycles. The van der Waals surface area contributed by atoms with Gasteiger partial charge in [-0.2, -0.15) is 0 Å². The fraction of sp³-hybridized carbons (Fsp3) is 1.00.